The first-order valence-corrected chi connectivity index (χ1v) is 13.6. The summed E-state index contributed by atoms with van der Waals surface area (Å²) in [6, 6.07) is 17.5. The van der Waals surface area contributed by atoms with Crippen molar-refractivity contribution in [2.24, 2.45) is 0 Å². The van der Waals surface area contributed by atoms with Crippen LogP contribution in [0.15, 0.2) is 71.6 Å². The van der Waals surface area contributed by atoms with Crippen LogP contribution in [-0.2, 0) is 14.8 Å². The Labute approximate surface area is 223 Å². The monoisotopic (exact) mass is 539 g/mol. The number of rotatable bonds is 11. The van der Waals surface area contributed by atoms with E-state index in [1.807, 2.05) is 20.8 Å². The molecule has 0 aliphatic carbocycles. The van der Waals surface area contributed by atoms with Crippen LogP contribution in [0.5, 0.6) is 11.5 Å². The number of carbonyl (C=O) groups excluding carboxylic acids is 2. The number of amides is 2. The molecule has 0 bridgehead atoms. The van der Waals surface area contributed by atoms with E-state index in [4.69, 9.17) is 9.47 Å². The molecule has 0 saturated carbocycles. The molecule has 10 heteroatoms. The van der Waals surface area contributed by atoms with Gasteiger partial charge in [-0.15, -0.1) is 0 Å². The van der Waals surface area contributed by atoms with E-state index in [-0.39, 0.29) is 39.5 Å². The number of carbonyl (C=O) groups is 2. The minimum Gasteiger partial charge on any atom is -0.497 e. The van der Waals surface area contributed by atoms with Crippen molar-refractivity contribution in [2.45, 2.75) is 38.1 Å². The minimum atomic E-state index is -4.18. The SMILES string of the molecule is CC[C@@H](C)NC(=O)c1ccccc1NC(=O)CN(c1ccc(OC)cc1OC)S(=O)(=O)c1ccc(C)cc1. The Balaban J connectivity index is 1.99. The summed E-state index contributed by atoms with van der Waals surface area (Å²) in [5.41, 5.74) is 1.60. The van der Waals surface area contributed by atoms with Gasteiger partial charge in [0.15, 0.2) is 0 Å². The maximum absolute atomic E-state index is 13.8. The van der Waals surface area contributed by atoms with Crippen LogP contribution < -0.4 is 24.4 Å². The Kier molecular flexibility index (Phi) is 9.35. The fourth-order valence-corrected chi connectivity index (χ4v) is 5.07. The highest BCUT2D eigenvalue weighted by Crippen LogP contribution is 2.35. The molecule has 0 fully saturated rings. The molecule has 202 valence electrons. The maximum atomic E-state index is 13.8. The number of aryl methyl sites for hydroxylation is 1. The molecule has 0 unspecified atom stereocenters. The Bertz CT molecular complexity index is 1390. The highest BCUT2D eigenvalue weighted by atomic mass is 32.2. The topological polar surface area (TPSA) is 114 Å². The summed E-state index contributed by atoms with van der Waals surface area (Å²) in [7, 11) is -1.30. The summed E-state index contributed by atoms with van der Waals surface area (Å²) in [6.07, 6.45) is 0.746. The lowest BCUT2D eigenvalue weighted by Crippen LogP contribution is -2.39. The number of methoxy groups -OCH3 is 2. The quantitative estimate of drug-likeness (QED) is 0.374. The summed E-state index contributed by atoms with van der Waals surface area (Å²) in [5, 5.41) is 5.58. The summed E-state index contributed by atoms with van der Waals surface area (Å²) in [4.78, 5) is 26.1. The first-order valence-electron chi connectivity index (χ1n) is 12.1. The lowest BCUT2D eigenvalue weighted by molar-refractivity contribution is -0.114. The van der Waals surface area contributed by atoms with Gasteiger partial charge < -0.3 is 20.1 Å². The van der Waals surface area contributed by atoms with Crippen molar-refractivity contribution in [1.29, 1.82) is 0 Å². The molecule has 2 N–H and O–H groups in total. The van der Waals surface area contributed by atoms with Gasteiger partial charge in [-0.05, 0) is 56.7 Å². The fourth-order valence-electron chi connectivity index (χ4n) is 3.64. The molecule has 1 atom stereocenters. The minimum absolute atomic E-state index is 0.0158. The zero-order valence-electron chi connectivity index (χ0n) is 22.1. The molecule has 0 radical (unpaired) electrons. The van der Waals surface area contributed by atoms with E-state index in [0.717, 1.165) is 16.3 Å². The average Bonchev–Trinajstić information content (AvgIpc) is 2.91. The van der Waals surface area contributed by atoms with Gasteiger partial charge in [0, 0.05) is 12.1 Å². The largest absolute Gasteiger partial charge is 0.497 e. The number of hydrogen-bond donors (Lipinski definition) is 2. The number of hydrogen-bond acceptors (Lipinski definition) is 6. The van der Waals surface area contributed by atoms with Gasteiger partial charge in [0.2, 0.25) is 5.91 Å². The van der Waals surface area contributed by atoms with Gasteiger partial charge in [0.1, 0.15) is 18.0 Å². The molecule has 3 aromatic rings. The van der Waals surface area contributed by atoms with Crippen LogP contribution in [0.1, 0.15) is 36.2 Å². The van der Waals surface area contributed by atoms with E-state index in [9.17, 15) is 18.0 Å². The third-order valence-corrected chi connectivity index (χ3v) is 7.76. The molecule has 3 aromatic carbocycles. The Hall–Kier alpha value is -4.05. The van der Waals surface area contributed by atoms with Crippen molar-refractivity contribution >= 4 is 33.2 Å². The van der Waals surface area contributed by atoms with E-state index < -0.39 is 22.5 Å². The van der Waals surface area contributed by atoms with E-state index in [1.54, 1.807) is 48.5 Å². The van der Waals surface area contributed by atoms with Gasteiger partial charge in [0.05, 0.1) is 36.1 Å². The molecular formula is C28H33N3O6S. The number of para-hydroxylation sites is 1. The number of sulfonamides is 1. The zero-order chi connectivity index (χ0) is 27.9. The van der Waals surface area contributed by atoms with Crippen LogP contribution >= 0.6 is 0 Å². The average molecular weight is 540 g/mol. The van der Waals surface area contributed by atoms with E-state index >= 15 is 0 Å². The predicted molar refractivity (Wildman–Crippen MR) is 148 cm³/mol. The van der Waals surface area contributed by atoms with Gasteiger partial charge in [-0.25, -0.2) is 8.42 Å². The van der Waals surface area contributed by atoms with E-state index in [1.165, 1.54) is 32.4 Å². The summed E-state index contributed by atoms with van der Waals surface area (Å²) < 4.78 is 39.2. The fraction of sp³-hybridized carbons (Fsp3) is 0.286. The molecule has 2 amide bonds. The molecule has 0 aliphatic rings. The third kappa shape index (κ3) is 6.63. The van der Waals surface area contributed by atoms with Crippen molar-refractivity contribution in [3.8, 4) is 11.5 Å². The van der Waals surface area contributed by atoms with Crippen molar-refractivity contribution in [3.05, 3.63) is 77.9 Å². The van der Waals surface area contributed by atoms with Crippen molar-refractivity contribution in [3.63, 3.8) is 0 Å². The van der Waals surface area contributed by atoms with Gasteiger partial charge in [-0.1, -0.05) is 36.8 Å². The lowest BCUT2D eigenvalue weighted by Gasteiger charge is -2.26. The van der Waals surface area contributed by atoms with E-state index in [2.05, 4.69) is 10.6 Å². The highest BCUT2D eigenvalue weighted by molar-refractivity contribution is 7.92. The van der Waals surface area contributed by atoms with Crippen molar-refractivity contribution in [1.82, 2.24) is 5.32 Å². The third-order valence-electron chi connectivity index (χ3n) is 5.99. The number of nitrogens with zero attached hydrogens (tertiary/aromatic N) is 1. The molecule has 0 aliphatic heterocycles. The molecule has 3 rings (SSSR count). The smallest absolute Gasteiger partial charge is 0.264 e. The molecule has 38 heavy (non-hydrogen) atoms. The number of benzene rings is 3. The zero-order valence-corrected chi connectivity index (χ0v) is 23.0. The first-order chi connectivity index (χ1) is 18.1. The highest BCUT2D eigenvalue weighted by Gasteiger charge is 2.30. The number of ether oxygens (including phenoxy) is 2. The van der Waals surface area contributed by atoms with Gasteiger partial charge >= 0.3 is 0 Å². The molecular weight excluding hydrogens is 506 g/mol. The van der Waals surface area contributed by atoms with Gasteiger partial charge in [-0.2, -0.15) is 0 Å². The lowest BCUT2D eigenvalue weighted by atomic mass is 10.1. The Morgan fingerprint density at radius 3 is 2.29 bits per heavy atom. The maximum Gasteiger partial charge on any atom is 0.264 e. The van der Waals surface area contributed by atoms with Crippen LogP contribution in [0, 0.1) is 6.92 Å². The molecule has 0 heterocycles. The molecule has 9 nitrogen and oxygen atoms in total. The van der Waals surface area contributed by atoms with E-state index in [0.29, 0.717) is 5.75 Å². The van der Waals surface area contributed by atoms with Crippen molar-refractivity contribution in [2.75, 3.05) is 30.4 Å². The Morgan fingerprint density at radius 1 is 0.974 bits per heavy atom. The standard InChI is InChI=1S/C28H33N3O6S/c1-6-20(3)29-28(33)23-9-7-8-10-24(23)30-27(32)18-31(25-16-13-21(36-4)17-26(25)37-5)38(34,35)22-14-11-19(2)12-15-22/h7-17,20H,6,18H2,1-5H3,(H,29,33)(H,30,32)/t20-/m1/s1. The summed E-state index contributed by atoms with van der Waals surface area (Å²) >= 11 is 0. The van der Waals surface area contributed by atoms with Crippen molar-refractivity contribution < 1.29 is 27.5 Å². The van der Waals surface area contributed by atoms with Crippen LogP contribution in [-0.4, -0.2) is 47.0 Å². The Morgan fingerprint density at radius 2 is 1.66 bits per heavy atom. The second kappa shape index (κ2) is 12.5. The van der Waals surface area contributed by atoms with Gasteiger partial charge in [-0.3, -0.25) is 13.9 Å². The second-order valence-electron chi connectivity index (χ2n) is 8.74. The van der Waals surface area contributed by atoms with Crippen LogP contribution in [0.4, 0.5) is 11.4 Å². The number of nitrogens with one attached hydrogen (secondary N) is 2. The number of anilines is 2. The summed E-state index contributed by atoms with van der Waals surface area (Å²) in [5.74, 6) is -0.302. The first kappa shape index (κ1) is 28.5. The van der Waals surface area contributed by atoms with Gasteiger partial charge in [0.25, 0.3) is 15.9 Å². The molecule has 0 aromatic heterocycles. The van der Waals surface area contributed by atoms with Crippen LogP contribution in [0.25, 0.3) is 0 Å². The predicted octanol–water partition coefficient (Wildman–Crippen LogP) is 4.37. The molecule has 0 spiro atoms. The van der Waals surface area contributed by atoms with Crippen LogP contribution in [0.2, 0.25) is 0 Å². The normalized spacial score (nSPS) is 11.8. The second-order valence-corrected chi connectivity index (χ2v) is 10.6. The molecule has 0 saturated heterocycles. The van der Waals surface area contributed by atoms with Crippen LogP contribution in [0.3, 0.4) is 0 Å². The summed E-state index contributed by atoms with van der Waals surface area (Å²) in [6.45, 7) is 5.12.